The molecule has 17 nitrogen and oxygen atoms in total. The quantitative estimate of drug-likeness (QED) is 0.0674. The maximum atomic E-state index is 11.9. The van der Waals surface area contributed by atoms with Crippen molar-refractivity contribution in [3.8, 4) is 11.8 Å². The lowest BCUT2D eigenvalue weighted by atomic mass is 10.1. The van der Waals surface area contributed by atoms with Crippen molar-refractivity contribution in [2.45, 2.75) is 32.1 Å². The predicted octanol–water partition coefficient (Wildman–Crippen LogP) is 1.83. The van der Waals surface area contributed by atoms with Gasteiger partial charge < -0.3 is 72.0 Å². The van der Waals surface area contributed by atoms with Gasteiger partial charge in [0.2, 0.25) is 0 Å². The molecule has 0 saturated heterocycles. The molecule has 1 amide bonds. The molecule has 0 bridgehead atoms. The minimum Gasteiger partial charge on any atom is -0.481 e. The number of fused-ring (bicyclic) bond motifs is 1. The molecule has 17 heteroatoms. The van der Waals surface area contributed by atoms with Gasteiger partial charge in [-0.15, -0.1) is 11.8 Å². The van der Waals surface area contributed by atoms with Crippen LogP contribution in [0.1, 0.15) is 32.1 Å². The number of carbonyl (C=O) groups excluding carboxylic acids is 1. The molecule has 2 rings (SSSR count). The van der Waals surface area contributed by atoms with Crippen LogP contribution in [-0.4, -0.2) is 189 Å². The molecule has 2 aliphatic rings. The molecule has 1 saturated carbocycles. The molecular formula is C38H67NO16. The first kappa shape index (κ1) is 49.0. The Bertz CT molecular complexity index is 949. The maximum absolute atomic E-state index is 11.9. The van der Waals surface area contributed by atoms with Crippen molar-refractivity contribution in [1.29, 1.82) is 0 Å². The summed E-state index contributed by atoms with van der Waals surface area (Å²) in [6, 6.07) is 0. The van der Waals surface area contributed by atoms with E-state index in [2.05, 4.69) is 17.2 Å². The van der Waals surface area contributed by atoms with Crippen molar-refractivity contribution >= 4 is 12.1 Å². The Morgan fingerprint density at radius 3 is 1.05 bits per heavy atom. The second-order valence-corrected chi connectivity index (χ2v) is 12.4. The Hall–Kier alpha value is -2.18. The molecule has 0 aromatic heterocycles. The number of carboxylic acid groups (broad SMARTS) is 1. The van der Waals surface area contributed by atoms with E-state index >= 15 is 0 Å². The Labute approximate surface area is 326 Å². The lowest BCUT2D eigenvalue weighted by Crippen LogP contribution is -2.29. The number of alkyl carbamates (subject to hydrolysis) is 1. The van der Waals surface area contributed by atoms with Gasteiger partial charge in [0.1, 0.15) is 0 Å². The van der Waals surface area contributed by atoms with Gasteiger partial charge in [-0.05, 0) is 30.6 Å². The molecule has 2 N–H and O–H groups in total. The van der Waals surface area contributed by atoms with Crippen LogP contribution in [0.4, 0.5) is 4.79 Å². The standard InChI is InChI=1S/C38H67NO16/c40-37(41)7-9-43-11-13-45-15-17-47-19-21-49-23-25-51-27-29-53-31-32-54-30-28-52-26-24-50-22-20-48-18-16-46-14-12-44-10-8-39-38(42)55-33-36-34-5-3-1-2-4-6-35(34)36/h34-36H,3-33H2,(H,39,42)(H,40,41). The highest BCUT2D eigenvalue weighted by molar-refractivity contribution is 5.67. The summed E-state index contributed by atoms with van der Waals surface area (Å²) < 4.78 is 70.5. The van der Waals surface area contributed by atoms with Gasteiger partial charge in [-0.25, -0.2) is 4.79 Å². The summed E-state index contributed by atoms with van der Waals surface area (Å²) in [5, 5.41) is 11.2. The van der Waals surface area contributed by atoms with E-state index in [1.807, 2.05) is 0 Å². The second-order valence-electron chi connectivity index (χ2n) is 12.4. The normalized spacial score (nSPS) is 17.5. The molecule has 0 spiro atoms. The van der Waals surface area contributed by atoms with Gasteiger partial charge in [0.25, 0.3) is 0 Å². The summed E-state index contributed by atoms with van der Waals surface area (Å²) in [5.41, 5.74) is 0. The summed E-state index contributed by atoms with van der Waals surface area (Å²) >= 11 is 0. The number of hydrogen-bond donors (Lipinski definition) is 2. The van der Waals surface area contributed by atoms with Crippen molar-refractivity contribution in [2.24, 2.45) is 17.8 Å². The first-order valence-electron chi connectivity index (χ1n) is 19.7. The van der Waals surface area contributed by atoms with Crippen LogP contribution < -0.4 is 5.32 Å². The topological polar surface area (TPSA) is 186 Å². The van der Waals surface area contributed by atoms with Gasteiger partial charge in [-0.3, -0.25) is 4.79 Å². The fraction of sp³-hybridized carbons (Fsp3) is 0.895. The zero-order valence-corrected chi connectivity index (χ0v) is 32.7. The number of carboxylic acids is 1. The van der Waals surface area contributed by atoms with Gasteiger partial charge in [-0.2, -0.15) is 0 Å². The highest BCUT2D eigenvalue weighted by Crippen LogP contribution is 2.52. The lowest BCUT2D eigenvalue weighted by Gasteiger charge is -2.09. The third-order valence-electron chi connectivity index (χ3n) is 8.31. The molecule has 0 radical (unpaired) electrons. The van der Waals surface area contributed by atoms with E-state index in [4.69, 9.17) is 66.7 Å². The average molecular weight is 794 g/mol. The van der Waals surface area contributed by atoms with Crippen molar-refractivity contribution in [3.63, 3.8) is 0 Å². The van der Waals surface area contributed by atoms with Crippen LogP contribution >= 0.6 is 0 Å². The van der Waals surface area contributed by atoms with Gasteiger partial charge >= 0.3 is 12.1 Å². The van der Waals surface area contributed by atoms with Crippen molar-refractivity contribution in [1.82, 2.24) is 5.32 Å². The van der Waals surface area contributed by atoms with Crippen molar-refractivity contribution in [2.75, 3.05) is 172 Å². The van der Waals surface area contributed by atoms with E-state index in [0.29, 0.717) is 183 Å². The van der Waals surface area contributed by atoms with Crippen LogP contribution in [0.15, 0.2) is 0 Å². The van der Waals surface area contributed by atoms with Crippen LogP contribution in [0.5, 0.6) is 0 Å². The Morgan fingerprint density at radius 2 is 0.745 bits per heavy atom. The molecule has 1 fully saturated rings. The smallest absolute Gasteiger partial charge is 0.407 e. The van der Waals surface area contributed by atoms with Crippen LogP contribution in [0.25, 0.3) is 0 Å². The van der Waals surface area contributed by atoms with Crippen LogP contribution in [0, 0.1) is 29.6 Å². The van der Waals surface area contributed by atoms with E-state index in [9.17, 15) is 9.59 Å². The molecule has 0 aromatic carbocycles. The number of ether oxygens (including phenoxy) is 13. The summed E-state index contributed by atoms with van der Waals surface area (Å²) in [4.78, 5) is 22.3. The molecule has 2 atom stereocenters. The molecule has 2 unspecified atom stereocenters. The Balaban J connectivity index is 1.13. The Morgan fingerprint density at radius 1 is 0.455 bits per heavy atom. The SMILES string of the molecule is O=C(O)CCOCCOCCOCCOCCOCCOCCOCCOCCOCCOCCOCCOCCNC(=O)OCC1C2CCC#CCCC21. The molecule has 0 aliphatic heterocycles. The second kappa shape index (κ2) is 37.4. The van der Waals surface area contributed by atoms with E-state index in [1.165, 1.54) is 0 Å². The van der Waals surface area contributed by atoms with E-state index in [1.54, 1.807) is 0 Å². The predicted molar refractivity (Wildman–Crippen MR) is 198 cm³/mol. The number of carbonyl (C=O) groups is 2. The highest BCUT2D eigenvalue weighted by Gasteiger charge is 2.49. The summed E-state index contributed by atoms with van der Waals surface area (Å²) in [6.07, 6.45) is 3.77. The molecule has 0 aromatic rings. The van der Waals surface area contributed by atoms with Gasteiger partial charge in [0.15, 0.2) is 0 Å². The minimum atomic E-state index is -0.877. The van der Waals surface area contributed by atoms with Crippen molar-refractivity contribution < 1.29 is 76.3 Å². The summed E-state index contributed by atoms with van der Waals surface area (Å²) in [5.74, 6) is 7.34. The summed E-state index contributed by atoms with van der Waals surface area (Å²) in [7, 11) is 0. The largest absolute Gasteiger partial charge is 0.481 e. The van der Waals surface area contributed by atoms with Gasteiger partial charge in [0, 0.05) is 19.4 Å². The molecule has 320 valence electrons. The first-order chi connectivity index (χ1) is 27.2. The molecular weight excluding hydrogens is 726 g/mol. The van der Waals surface area contributed by atoms with Crippen LogP contribution in [0.2, 0.25) is 0 Å². The molecule has 55 heavy (non-hydrogen) atoms. The average Bonchev–Trinajstić information content (AvgIpc) is 3.82. The fourth-order valence-electron chi connectivity index (χ4n) is 5.41. The number of amides is 1. The number of nitrogens with one attached hydrogen (secondary N) is 1. The molecule has 2 aliphatic carbocycles. The van der Waals surface area contributed by atoms with E-state index in [-0.39, 0.29) is 19.1 Å². The Kier molecular flexibility index (Phi) is 33.3. The molecule has 0 heterocycles. The van der Waals surface area contributed by atoms with E-state index in [0.717, 1.165) is 25.7 Å². The highest BCUT2D eigenvalue weighted by atomic mass is 16.6. The third-order valence-corrected chi connectivity index (χ3v) is 8.31. The third kappa shape index (κ3) is 31.6. The van der Waals surface area contributed by atoms with E-state index < -0.39 is 5.97 Å². The lowest BCUT2D eigenvalue weighted by molar-refractivity contribution is -0.138. The number of rotatable bonds is 41. The minimum absolute atomic E-state index is 0.00642. The maximum Gasteiger partial charge on any atom is 0.407 e. The van der Waals surface area contributed by atoms with Crippen LogP contribution in [-0.2, 0) is 66.4 Å². The zero-order valence-electron chi connectivity index (χ0n) is 32.7. The van der Waals surface area contributed by atoms with Crippen molar-refractivity contribution in [3.05, 3.63) is 0 Å². The summed E-state index contributed by atoms with van der Waals surface area (Å²) in [6.45, 7) is 11.7. The fourth-order valence-corrected chi connectivity index (χ4v) is 5.41. The first-order valence-corrected chi connectivity index (χ1v) is 19.7. The van der Waals surface area contributed by atoms with Gasteiger partial charge in [-0.1, -0.05) is 0 Å². The zero-order chi connectivity index (χ0) is 39.1. The van der Waals surface area contributed by atoms with Crippen LogP contribution in [0.3, 0.4) is 0 Å². The number of aliphatic carboxylic acids is 1. The monoisotopic (exact) mass is 793 g/mol. The van der Waals surface area contributed by atoms with Gasteiger partial charge in [0.05, 0.1) is 172 Å². The number of hydrogen-bond acceptors (Lipinski definition) is 15.